The SMILES string of the molecule is COc1cc(Nc2nc(N)n(C(=O)c3cccc(N4CCOCC4)c3)n2)ccc1OCCN1CCCC1. The van der Waals surface area contributed by atoms with Gasteiger partial charge in [0.15, 0.2) is 11.5 Å². The predicted octanol–water partition coefficient (Wildman–Crippen LogP) is 2.61. The number of likely N-dealkylation sites (tertiary alicyclic amines) is 1. The molecular formula is C26H33N7O4. The van der Waals surface area contributed by atoms with E-state index in [0.717, 1.165) is 43.1 Å². The molecule has 11 nitrogen and oxygen atoms in total. The molecule has 37 heavy (non-hydrogen) atoms. The van der Waals surface area contributed by atoms with Crippen molar-refractivity contribution in [1.82, 2.24) is 19.7 Å². The summed E-state index contributed by atoms with van der Waals surface area (Å²) in [5.41, 5.74) is 8.17. The number of carbonyl (C=O) groups excluding carboxylic acids is 1. The Morgan fingerprint density at radius 2 is 1.89 bits per heavy atom. The van der Waals surface area contributed by atoms with Crippen molar-refractivity contribution < 1.29 is 19.0 Å². The molecule has 0 atom stereocenters. The van der Waals surface area contributed by atoms with E-state index in [-0.39, 0.29) is 17.8 Å². The molecule has 1 aromatic heterocycles. The van der Waals surface area contributed by atoms with Crippen molar-refractivity contribution in [2.75, 3.05) is 75.6 Å². The van der Waals surface area contributed by atoms with Crippen molar-refractivity contribution in [3.05, 3.63) is 48.0 Å². The molecule has 0 unspecified atom stereocenters. The van der Waals surface area contributed by atoms with Crippen LogP contribution in [0.15, 0.2) is 42.5 Å². The average Bonchev–Trinajstić information content (AvgIpc) is 3.59. The average molecular weight is 508 g/mol. The Bertz CT molecular complexity index is 1220. The first-order valence-corrected chi connectivity index (χ1v) is 12.6. The standard InChI is InChI=1S/C26H33N7O4/c1-35-23-18-20(7-8-22(23)37-16-11-31-9-2-3-10-31)28-26-29-25(27)33(30-26)24(34)19-5-4-6-21(17-19)32-12-14-36-15-13-32/h4-8,17-18H,2-3,9-16H2,1H3,(H3,27,28,29,30). The Labute approximate surface area is 216 Å². The van der Waals surface area contributed by atoms with Crippen molar-refractivity contribution in [3.63, 3.8) is 0 Å². The minimum atomic E-state index is -0.354. The van der Waals surface area contributed by atoms with Gasteiger partial charge in [-0.25, -0.2) is 0 Å². The van der Waals surface area contributed by atoms with Crippen LogP contribution in [-0.4, -0.2) is 85.2 Å². The van der Waals surface area contributed by atoms with E-state index in [9.17, 15) is 4.79 Å². The van der Waals surface area contributed by atoms with Gasteiger partial charge in [0.25, 0.3) is 5.91 Å². The van der Waals surface area contributed by atoms with Gasteiger partial charge in [-0.1, -0.05) is 6.07 Å². The number of nitrogens with two attached hydrogens (primary N) is 1. The van der Waals surface area contributed by atoms with Gasteiger partial charge in [-0.2, -0.15) is 9.67 Å². The summed E-state index contributed by atoms with van der Waals surface area (Å²) in [5.74, 6) is 1.11. The third kappa shape index (κ3) is 5.95. The van der Waals surface area contributed by atoms with Gasteiger partial charge in [0.1, 0.15) is 6.61 Å². The number of nitrogens with zero attached hydrogens (tertiary/aromatic N) is 5. The lowest BCUT2D eigenvalue weighted by molar-refractivity contribution is 0.0948. The molecule has 2 aliphatic heterocycles. The van der Waals surface area contributed by atoms with Crippen LogP contribution in [0.2, 0.25) is 0 Å². The van der Waals surface area contributed by atoms with E-state index in [1.54, 1.807) is 19.2 Å². The van der Waals surface area contributed by atoms with Gasteiger partial charge in [-0.05, 0) is 56.3 Å². The fourth-order valence-corrected chi connectivity index (χ4v) is 4.59. The zero-order valence-electron chi connectivity index (χ0n) is 21.1. The maximum atomic E-state index is 13.2. The van der Waals surface area contributed by atoms with E-state index in [1.807, 2.05) is 30.3 Å². The highest BCUT2D eigenvalue weighted by Crippen LogP contribution is 2.31. The first kappa shape index (κ1) is 24.8. The van der Waals surface area contributed by atoms with Crippen molar-refractivity contribution in [1.29, 1.82) is 0 Å². The molecule has 2 fully saturated rings. The van der Waals surface area contributed by atoms with Crippen LogP contribution in [0, 0.1) is 0 Å². The molecule has 0 bridgehead atoms. The number of nitrogen functional groups attached to an aromatic ring is 1. The third-order valence-electron chi connectivity index (χ3n) is 6.58. The highest BCUT2D eigenvalue weighted by atomic mass is 16.5. The highest BCUT2D eigenvalue weighted by molar-refractivity contribution is 5.97. The number of aromatic nitrogens is 3. The maximum Gasteiger partial charge on any atom is 0.281 e. The summed E-state index contributed by atoms with van der Waals surface area (Å²) in [6.45, 7) is 6.65. The molecule has 5 rings (SSSR count). The summed E-state index contributed by atoms with van der Waals surface area (Å²) < 4.78 is 18.0. The quantitative estimate of drug-likeness (QED) is 0.447. The smallest absolute Gasteiger partial charge is 0.281 e. The number of hydrogen-bond donors (Lipinski definition) is 2. The van der Waals surface area contributed by atoms with Crippen LogP contribution in [0.3, 0.4) is 0 Å². The molecular weight excluding hydrogens is 474 g/mol. The number of methoxy groups -OCH3 is 1. The number of morpholine rings is 1. The fourth-order valence-electron chi connectivity index (χ4n) is 4.59. The number of anilines is 4. The van der Waals surface area contributed by atoms with Gasteiger partial charge in [0, 0.05) is 42.6 Å². The molecule has 3 aromatic rings. The summed E-state index contributed by atoms with van der Waals surface area (Å²) in [7, 11) is 1.60. The number of ether oxygens (including phenoxy) is 3. The second kappa shape index (κ2) is 11.5. The van der Waals surface area contributed by atoms with E-state index in [0.29, 0.717) is 42.6 Å². The van der Waals surface area contributed by atoms with Crippen LogP contribution < -0.4 is 25.4 Å². The topological polar surface area (TPSA) is 120 Å². The van der Waals surface area contributed by atoms with Crippen LogP contribution in [0.4, 0.5) is 23.3 Å². The lowest BCUT2D eigenvalue weighted by Gasteiger charge is -2.29. The summed E-state index contributed by atoms with van der Waals surface area (Å²) in [6.07, 6.45) is 2.51. The molecule has 11 heteroatoms. The Kier molecular flexibility index (Phi) is 7.71. The van der Waals surface area contributed by atoms with Gasteiger partial charge in [0.2, 0.25) is 11.9 Å². The van der Waals surface area contributed by atoms with E-state index >= 15 is 0 Å². The minimum Gasteiger partial charge on any atom is -0.493 e. The molecule has 196 valence electrons. The molecule has 2 aromatic carbocycles. The van der Waals surface area contributed by atoms with Gasteiger partial charge >= 0.3 is 0 Å². The minimum absolute atomic E-state index is 0.00175. The monoisotopic (exact) mass is 507 g/mol. The van der Waals surface area contributed by atoms with Crippen molar-refractivity contribution in [2.45, 2.75) is 12.8 Å². The summed E-state index contributed by atoms with van der Waals surface area (Å²) in [4.78, 5) is 22.0. The lowest BCUT2D eigenvalue weighted by Crippen LogP contribution is -2.36. The summed E-state index contributed by atoms with van der Waals surface area (Å²) >= 11 is 0. The van der Waals surface area contributed by atoms with Crippen molar-refractivity contribution in [2.24, 2.45) is 0 Å². The Morgan fingerprint density at radius 3 is 2.68 bits per heavy atom. The highest BCUT2D eigenvalue weighted by Gasteiger charge is 2.19. The molecule has 0 amide bonds. The van der Waals surface area contributed by atoms with E-state index < -0.39 is 0 Å². The zero-order chi connectivity index (χ0) is 25.6. The molecule has 0 radical (unpaired) electrons. The number of carbonyl (C=O) groups is 1. The summed E-state index contributed by atoms with van der Waals surface area (Å²) in [6, 6.07) is 12.9. The molecule has 0 saturated carbocycles. The molecule has 2 saturated heterocycles. The largest absolute Gasteiger partial charge is 0.493 e. The van der Waals surface area contributed by atoms with Gasteiger partial charge in [0.05, 0.1) is 20.3 Å². The normalized spacial score (nSPS) is 16.1. The second-order valence-electron chi connectivity index (χ2n) is 9.05. The van der Waals surface area contributed by atoms with Gasteiger partial charge in [-0.15, -0.1) is 5.10 Å². The Morgan fingerprint density at radius 1 is 1.08 bits per heavy atom. The molecule has 0 spiro atoms. The van der Waals surface area contributed by atoms with E-state index in [4.69, 9.17) is 19.9 Å². The lowest BCUT2D eigenvalue weighted by atomic mass is 10.1. The number of hydrogen-bond acceptors (Lipinski definition) is 10. The van der Waals surface area contributed by atoms with E-state index in [1.165, 1.54) is 12.8 Å². The first-order valence-electron chi connectivity index (χ1n) is 12.6. The van der Waals surface area contributed by atoms with Gasteiger partial charge in [-0.3, -0.25) is 9.69 Å². The maximum absolute atomic E-state index is 13.2. The van der Waals surface area contributed by atoms with Crippen LogP contribution in [0.1, 0.15) is 23.2 Å². The third-order valence-corrected chi connectivity index (χ3v) is 6.58. The van der Waals surface area contributed by atoms with Crippen molar-refractivity contribution >= 4 is 29.2 Å². The van der Waals surface area contributed by atoms with Crippen LogP contribution in [0.5, 0.6) is 11.5 Å². The fraction of sp³-hybridized carbons (Fsp3) is 0.423. The molecule has 3 N–H and O–H groups in total. The van der Waals surface area contributed by atoms with Crippen LogP contribution >= 0.6 is 0 Å². The molecule has 2 aliphatic rings. The number of benzene rings is 2. The van der Waals surface area contributed by atoms with Crippen LogP contribution in [0.25, 0.3) is 0 Å². The zero-order valence-corrected chi connectivity index (χ0v) is 21.1. The molecule has 3 heterocycles. The van der Waals surface area contributed by atoms with Gasteiger partial charge < -0.3 is 30.2 Å². The van der Waals surface area contributed by atoms with E-state index in [2.05, 4.69) is 25.2 Å². The molecule has 0 aliphatic carbocycles. The Hall–Kier alpha value is -3.83. The first-order chi connectivity index (χ1) is 18.1. The Balaban J connectivity index is 1.25. The predicted molar refractivity (Wildman–Crippen MR) is 141 cm³/mol. The van der Waals surface area contributed by atoms with Crippen LogP contribution in [-0.2, 0) is 4.74 Å². The number of nitrogens with one attached hydrogen (secondary N) is 1. The van der Waals surface area contributed by atoms with Crippen molar-refractivity contribution in [3.8, 4) is 11.5 Å². The second-order valence-corrected chi connectivity index (χ2v) is 9.05. The number of rotatable bonds is 9. The summed E-state index contributed by atoms with van der Waals surface area (Å²) in [5, 5.41) is 7.40.